The molecule has 0 saturated carbocycles. The van der Waals surface area contributed by atoms with Crippen LogP contribution in [0, 0.1) is 5.82 Å². The van der Waals surface area contributed by atoms with Gasteiger partial charge >= 0.3 is 5.97 Å². The highest BCUT2D eigenvalue weighted by molar-refractivity contribution is 7.92. The van der Waals surface area contributed by atoms with Gasteiger partial charge in [-0.1, -0.05) is 30.3 Å². The van der Waals surface area contributed by atoms with Crippen LogP contribution in [-0.4, -0.2) is 21.4 Å². The number of hydrogen-bond donors (Lipinski definition) is 0. The molecule has 3 aromatic rings. The molecule has 0 bridgehead atoms. The van der Waals surface area contributed by atoms with Gasteiger partial charge in [0.15, 0.2) is 0 Å². The summed E-state index contributed by atoms with van der Waals surface area (Å²) >= 11 is 0. The Morgan fingerprint density at radius 1 is 0.929 bits per heavy atom. The molecule has 28 heavy (non-hydrogen) atoms. The Morgan fingerprint density at radius 2 is 1.54 bits per heavy atom. The number of halogens is 1. The fourth-order valence-electron chi connectivity index (χ4n) is 2.51. The first-order chi connectivity index (χ1) is 13.4. The van der Waals surface area contributed by atoms with E-state index in [1.807, 2.05) is 0 Å². The number of carbonyl (C=O) groups is 1. The number of carbonyl (C=O) groups excluding carboxylic acids is 1. The van der Waals surface area contributed by atoms with E-state index in [1.165, 1.54) is 59.9 Å². The lowest BCUT2D eigenvalue weighted by Gasteiger charge is -2.19. The van der Waals surface area contributed by atoms with Crippen LogP contribution in [0.4, 0.5) is 10.1 Å². The van der Waals surface area contributed by atoms with Crippen molar-refractivity contribution >= 4 is 21.7 Å². The smallest absolute Gasteiger partial charge is 0.338 e. The Morgan fingerprint density at radius 3 is 2.14 bits per heavy atom. The van der Waals surface area contributed by atoms with Crippen molar-refractivity contribution in [3.05, 3.63) is 95.8 Å². The number of nitrogens with zero attached hydrogens (tertiary/aromatic N) is 1. The van der Waals surface area contributed by atoms with Gasteiger partial charge in [-0.2, -0.15) is 0 Å². The van der Waals surface area contributed by atoms with Crippen molar-refractivity contribution in [2.24, 2.45) is 0 Å². The standard InChI is InChI=1S/C21H18FNO4S/c1-23(19-5-3-2-4-6-19)28(25,26)20-13-9-17(10-14-20)21(24)27-15-16-7-11-18(22)12-8-16/h2-14H,15H2,1H3. The third kappa shape index (κ3) is 4.37. The number of ether oxygens (including phenoxy) is 1. The predicted molar refractivity (Wildman–Crippen MR) is 104 cm³/mol. The number of esters is 1. The second-order valence-electron chi connectivity index (χ2n) is 6.04. The molecular weight excluding hydrogens is 381 g/mol. The van der Waals surface area contributed by atoms with Crippen molar-refractivity contribution in [3.63, 3.8) is 0 Å². The quantitative estimate of drug-likeness (QED) is 0.588. The van der Waals surface area contributed by atoms with Gasteiger partial charge in [-0.3, -0.25) is 4.31 Å². The summed E-state index contributed by atoms with van der Waals surface area (Å²) in [6.07, 6.45) is 0. The SMILES string of the molecule is CN(c1ccccc1)S(=O)(=O)c1ccc(C(=O)OCc2ccc(F)cc2)cc1. The molecule has 0 saturated heterocycles. The molecule has 0 amide bonds. The van der Waals surface area contributed by atoms with E-state index >= 15 is 0 Å². The van der Waals surface area contributed by atoms with Crippen LogP contribution in [0.2, 0.25) is 0 Å². The Balaban J connectivity index is 1.70. The summed E-state index contributed by atoms with van der Waals surface area (Å²) in [5.74, 6) is -0.961. The van der Waals surface area contributed by atoms with Gasteiger partial charge in [-0.25, -0.2) is 17.6 Å². The van der Waals surface area contributed by atoms with Gasteiger partial charge in [0.25, 0.3) is 10.0 Å². The van der Waals surface area contributed by atoms with Crippen LogP contribution in [0.1, 0.15) is 15.9 Å². The van der Waals surface area contributed by atoms with Crippen LogP contribution >= 0.6 is 0 Å². The number of hydrogen-bond acceptors (Lipinski definition) is 4. The second-order valence-corrected chi connectivity index (χ2v) is 8.00. The van der Waals surface area contributed by atoms with Crippen molar-refractivity contribution in [3.8, 4) is 0 Å². The number of benzene rings is 3. The van der Waals surface area contributed by atoms with E-state index in [4.69, 9.17) is 4.74 Å². The molecule has 0 N–H and O–H groups in total. The van der Waals surface area contributed by atoms with Gasteiger partial charge in [0.05, 0.1) is 16.1 Å². The van der Waals surface area contributed by atoms with Crippen molar-refractivity contribution in [1.82, 2.24) is 0 Å². The Bertz CT molecular complexity index is 1050. The molecule has 0 aromatic heterocycles. The molecular formula is C21H18FNO4S. The molecule has 144 valence electrons. The summed E-state index contributed by atoms with van der Waals surface area (Å²) in [6.45, 7) is -0.00406. The minimum atomic E-state index is -3.75. The number of para-hydroxylation sites is 1. The highest BCUT2D eigenvalue weighted by Gasteiger charge is 2.21. The van der Waals surface area contributed by atoms with E-state index < -0.39 is 16.0 Å². The van der Waals surface area contributed by atoms with Gasteiger partial charge in [0, 0.05) is 7.05 Å². The first-order valence-corrected chi connectivity index (χ1v) is 9.87. The normalized spacial score (nSPS) is 11.1. The summed E-state index contributed by atoms with van der Waals surface area (Å²) in [7, 11) is -2.28. The van der Waals surface area contributed by atoms with Crippen molar-refractivity contribution in [2.45, 2.75) is 11.5 Å². The van der Waals surface area contributed by atoms with E-state index in [2.05, 4.69) is 0 Å². The van der Waals surface area contributed by atoms with E-state index in [-0.39, 0.29) is 22.9 Å². The van der Waals surface area contributed by atoms with Crippen LogP contribution in [0.15, 0.2) is 83.8 Å². The average molecular weight is 399 g/mol. The molecule has 5 nitrogen and oxygen atoms in total. The Hall–Kier alpha value is -3.19. The first kappa shape index (κ1) is 19.6. The van der Waals surface area contributed by atoms with E-state index in [0.29, 0.717) is 11.3 Å². The lowest BCUT2D eigenvalue weighted by atomic mass is 10.2. The van der Waals surface area contributed by atoms with E-state index in [1.54, 1.807) is 30.3 Å². The van der Waals surface area contributed by atoms with Crippen LogP contribution in [0.3, 0.4) is 0 Å². The number of anilines is 1. The molecule has 0 atom stereocenters. The van der Waals surface area contributed by atoms with Crippen molar-refractivity contribution in [1.29, 1.82) is 0 Å². The molecule has 0 spiro atoms. The lowest BCUT2D eigenvalue weighted by molar-refractivity contribution is 0.0472. The fourth-order valence-corrected chi connectivity index (χ4v) is 3.71. The van der Waals surface area contributed by atoms with Gasteiger partial charge < -0.3 is 4.74 Å². The Kier molecular flexibility index (Phi) is 5.75. The van der Waals surface area contributed by atoms with Crippen molar-refractivity contribution in [2.75, 3.05) is 11.4 Å². The van der Waals surface area contributed by atoms with Crippen LogP contribution < -0.4 is 4.31 Å². The Labute approximate surface area is 163 Å². The maximum Gasteiger partial charge on any atom is 0.338 e. The maximum absolute atomic E-state index is 12.9. The van der Waals surface area contributed by atoms with Gasteiger partial charge in [-0.05, 0) is 54.1 Å². The van der Waals surface area contributed by atoms with Gasteiger partial charge in [0.1, 0.15) is 12.4 Å². The molecule has 3 rings (SSSR count). The molecule has 0 unspecified atom stereocenters. The predicted octanol–water partition coefficient (Wildman–Crippen LogP) is 4.01. The first-order valence-electron chi connectivity index (χ1n) is 8.43. The zero-order chi connectivity index (χ0) is 20.1. The molecule has 7 heteroatoms. The minimum Gasteiger partial charge on any atom is -0.457 e. The molecule has 3 aromatic carbocycles. The summed E-state index contributed by atoms with van der Waals surface area (Å²) in [5, 5.41) is 0. The summed E-state index contributed by atoms with van der Waals surface area (Å²) in [5.41, 5.74) is 1.41. The van der Waals surface area contributed by atoms with Gasteiger partial charge in [0.2, 0.25) is 0 Å². The second kappa shape index (κ2) is 8.22. The summed E-state index contributed by atoms with van der Waals surface area (Å²) < 4.78 is 44.7. The van der Waals surface area contributed by atoms with Gasteiger partial charge in [-0.15, -0.1) is 0 Å². The average Bonchev–Trinajstić information content (AvgIpc) is 2.73. The van der Waals surface area contributed by atoms with Crippen LogP contribution in [-0.2, 0) is 21.4 Å². The third-order valence-corrected chi connectivity index (χ3v) is 5.95. The third-order valence-electron chi connectivity index (χ3n) is 4.15. The monoisotopic (exact) mass is 399 g/mol. The minimum absolute atomic E-state index is 0.00406. The molecule has 0 aliphatic rings. The molecule has 0 radical (unpaired) electrons. The van der Waals surface area contributed by atoms with E-state index in [0.717, 1.165) is 0 Å². The van der Waals surface area contributed by atoms with Crippen LogP contribution in [0.25, 0.3) is 0 Å². The van der Waals surface area contributed by atoms with Crippen molar-refractivity contribution < 1.29 is 22.3 Å². The highest BCUT2D eigenvalue weighted by Crippen LogP contribution is 2.22. The van der Waals surface area contributed by atoms with E-state index in [9.17, 15) is 17.6 Å². The molecule has 0 aliphatic heterocycles. The largest absolute Gasteiger partial charge is 0.457 e. The molecule has 0 fully saturated rings. The fraction of sp³-hybridized carbons (Fsp3) is 0.0952. The number of sulfonamides is 1. The topological polar surface area (TPSA) is 63.7 Å². The molecule has 0 aliphatic carbocycles. The highest BCUT2D eigenvalue weighted by atomic mass is 32.2. The summed E-state index contributed by atoms with van der Waals surface area (Å²) in [6, 6.07) is 19.8. The van der Waals surface area contributed by atoms with Crippen LogP contribution in [0.5, 0.6) is 0 Å². The zero-order valence-electron chi connectivity index (χ0n) is 15.1. The number of rotatable bonds is 6. The lowest BCUT2D eigenvalue weighted by Crippen LogP contribution is -2.26. The maximum atomic E-state index is 12.9. The summed E-state index contributed by atoms with van der Waals surface area (Å²) in [4.78, 5) is 12.2. The molecule has 0 heterocycles. The zero-order valence-corrected chi connectivity index (χ0v) is 15.9.